The maximum absolute atomic E-state index is 13.7. The van der Waals surface area contributed by atoms with Crippen molar-refractivity contribution in [3.05, 3.63) is 29.3 Å². The van der Waals surface area contributed by atoms with Crippen LogP contribution in [0.2, 0.25) is 0 Å². The molecule has 20 nitrogen and oxygen atoms in total. The summed E-state index contributed by atoms with van der Waals surface area (Å²) in [6.07, 6.45) is 1.15. The Morgan fingerprint density at radius 1 is 1.04 bits per heavy atom. The van der Waals surface area contributed by atoms with E-state index in [0.717, 1.165) is 0 Å². The lowest BCUT2D eigenvalue weighted by atomic mass is 9.68. The highest BCUT2D eigenvalue weighted by atomic mass is 31.2. The number of nitrogens with zero attached hydrogens (tertiary/aromatic N) is 7. The van der Waals surface area contributed by atoms with Crippen LogP contribution in [0.25, 0.3) is 22.3 Å². The summed E-state index contributed by atoms with van der Waals surface area (Å²) in [4.78, 5) is 47.0. The van der Waals surface area contributed by atoms with E-state index in [-0.39, 0.29) is 41.4 Å². The Morgan fingerprint density at radius 2 is 1.81 bits per heavy atom. The van der Waals surface area contributed by atoms with Crippen molar-refractivity contribution in [1.82, 2.24) is 39.0 Å². The lowest BCUT2D eigenvalue weighted by molar-refractivity contribution is -0.0870. The van der Waals surface area contributed by atoms with E-state index < -0.39 is 81.0 Å². The van der Waals surface area contributed by atoms with Crippen molar-refractivity contribution in [3.8, 4) is 0 Å². The summed E-state index contributed by atoms with van der Waals surface area (Å²) in [5, 5.41) is 23.6. The zero-order valence-corrected chi connectivity index (χ0v) is 25.8. The lowest BCUT2D eigenvalue weighted by Gasteiger charge is -2.44. The molecular weight excluding hydrogens is 662 g/mol. The molecule has 22 heteroatoms. The number of phosphoric ester groups is 1. The standard InChI is InChI=1S/C25H26N10O10P2/c26-18-10-19(29-5-28-18)35(6-30-10)13-9-2-23(9)3-43-47(40,41)45-16-12(34-7-31-11-20(34)32-22(27)33-21(11)37)8-1-24(15(8)25(16,24)38)4-42-46(39)44-17(23)14(13)36/h5-9,12-17,36,38H,1-4H2,(H5-,26,27,28,29,32,33,37,40,41)/p+1/t8-,9-,12-,13-,14+,15+,16+,17+,23?,24+,25-/m1/s1. The highest BCUT2D eigenvalue weighted by Gasteiger charge is 2.95. The molecule has 4 aromatic heterocycles. The first-order valence-corrected chi connectivity index (χ1v) is 17.5. The molecule has 3 unspecified atom stereocenters. The number of hydrogen-bond donors (Lipinski definition) is 6. The number of aromatic amines is 1. The molecule has 6 fully saturated rings. The minimum atomic E-state index is -4.92. The van der Waals surface area contributed by atoms with Crippen molar-refractivity contribution in [2.24, 2.45) is 28.6 Å². The van der Waals surface area contributed by atoms with Crippen molar-refractivity contribution in [3.63, 3.8) is 0 Å². The van der Waals surface area contributed by atoms with Gasteiger partial charge >= 0.3 is 16.1 Å². The number of imidazole rings is 2. The van der Waals surface area contributed by atoms with Gasteiger partial charge in [0.2, 0.25) is 5.95 Å². The van der Waals surface area contributed by atoms with Crippen LogP contribution in [0.3, 0.4) is 0 Å². The molecule has 2 spiro atoms. The summed E-state index contributed by atoms with van der Waals surface area (Å²) in [7, 11) is -7.73. The number of aromatic nitrogens is 8. The Labute approximate surface area is 263 Å². The molecule has 5 aliphatic carbocycles. The number of nitrogen functional groups attached to an aromatic ring is 2. The molecule has 4 aromatic rings. The Morgan fingerprint density at radius 3 is 2.62 bits per heavy atom. The molecule has 1 aliphatic heterocycles. The van der Waals surface area contributed by atoms with E-state index in [2.05, 4.69) is 29.9 Å². The summed E-state index contributed by atoms with van der Waals surface area (Å²) >= 11 is 0. The van der Waals surface area contributed by atoms with E-state index in [0.29, 0.717) is 24.0 Å². The summed E-state index contributed by atoms with van der Waals surface area (Å²) in [6.45, 7) is -0.602. The smallest absolute Gasteiger partial charge is 0.388 e. The highest BCUT2D eigenvalue weighted by molar-refractivity contribution is 7.47. The first kappa shape index (κ1) is 28.6. The normalized spacial score (nSPS) is 45.7. The molecular formula is C25H27N10O10P2+. The van der Waals surface area contributed by atoms with Crippen LogP contribution in [-0.4, -0.2) is 91.3 Å². The fraction of sp³-hybridized carbons (Fsp3) is 0.600. The molecule has 47 heavy (non-hydrogen) atoms. The Balaban J connectivity index is 1.01. The zero-order valence-electron chi connectivity index (χ0n) is 24.1. The van der Waals surface area contributed by atoms with E-state index in [4.69, 9.17) is 29.6 Å². The van der Waals surface area contributed by atoms with Crippen LogP contribution in [-0.2, 0) is 27.2 Å². The third-order valence-corrected chi connectivity index (χ3v) is 13.4. The second kappa shape index (κ2) is 8.76. The molecule has 6 aliphatic rings. The molecule has 0 radical (unpaired) electrons. The predicted molar refractivity (Wildman–Crippen MR) is 155 cm³/mol. The maximum atomic E-state index is 13.7. The monoisotopic (exact) mass is 689 g/mol. The van der Waals surface area contributed by atoms with E-state index in [1.807, 2.05) is 0 Å². The van der Waals surface area contributed by atoms with Crippen molar-refractivity contribution < 1.29 is 42.3 Å². The van der Waals surface area contributed by atoms with Gasteiger partial charge < -0.3 is 35.7 Å². The number of phosphoric acid groups is 1. The predicted octanol–water partition coefficient (Wildman–Crippen LogP) is -0.457. The molecule has 246 valence electrons. The molecule has 0 amide bonds. The fourth-order valence-corrected chi connectivity index (χ4v) is 11.6. The van der Waals surface area contributed by atoms with Gasteiger partial charge in [-0.05, 0) is 24.7 Å². The summed E-state index contributed by atoms with van der Waals surface area (Å²) in [5.74, 6) is -1.12. The largest absolute Gasteiger partial charge is 0.697 e. The van der Waals surface area contributed by atoms with Crippen molar-refractivity contribution in [2.75, 3.05) is 24.7 Å². The van der Waals surface area contributed by atoms with Gasteiger partial charge in [0.1, 0.15) is 36.3 Å². The third kappa shape index (κ3) is 3.40. The summed E-state index contributed by atoms with van der Waals surface area (Å²) in [6, 6.07) is -1.46. The molecule has 0 bridgehead atoms. The van der Waals surface area contributed by atoms with Crippen molar-refractivity contribution in [1.29, 1.82) is 0 Å². The summed E-state index contributed by atoms with van der Waals surface area (Å²) < 4.78 is 53.3. The van der Waals surface area contributed by atoms with Gasteiger partial charge in [-0.3, -0.25) is 18.8 Å². The average molecular weight is 689 g/mol. The van der Waals surface area contributed by atoms with Gasteiger partial charge in [0, 0.05) is 21.3 Å². The Bertz CT molecular complexity index is 2180. The van der Waals surface area contributed by atoms with Gasteiger partial charge in [0.05, 0.1) is 31.3 Å². The van der Waals surface area contributed by atoms with Gasteiger partial charge in [-0.25, -0.2) is 24.5 Å². The van der Waals surface area contributed by atoms with E-state index >= 15 is 0 Å². The highest BCUT2D eigenvalue weighted by Crippen LogP contribution is 2.87. The third-order valence-electron chi connectivity index (χ3n) is 11.7. The molecule has 5 heterocycles. The van der Waals surface area contributed by atoms with Crippen LogP contribution in [0.1, 0.15) is 24.9 Å². The average Bonchev–Trinajstić information content (AvgIpc) is 3.38. The number of aliphatic hydroxyl groups is 2. The molecule has 1 saturated heterocycles. The number of anilines is 2. The van der Waals surface area contributed by atoms with Crippen LogP contribution in [0.15, 0.2) is 23.8 Å². The number of H-pyrrole nitrogens is 1. The molecule has 5 saturated carbocycles. The van der Waals surface area contributed by atoms with Crippen molar-refractivity contribution >= 4 is 50.2 Å². The first-order chi connectivity index (χ1) is 22.4. The number of nitrogens with one attached hydrogen (secondary N) is 1. The van der Waals surface area contributed by atoms with Crippen LogP contribution in [0.4, 0.5) is 11.8 Å². The topological polar surface area (TPSA) is 291 Å². The second-order valence-electron chi connectivity index (χ2n) is 13.5. The van der Waals surface area contributed by atoms with Crippen LogP contribution >= 0.6 is 16.1 Å². The Kier molecular flexibility index (Phi) is 5.32. The van der Waals surface area contributed by atoms with E-state index in [9.17, 15) is 29.0 Å². The number of hydrogen-bond acceptors (Lipinski definition) is 16. The van der Waals surface area contributed by atoms with Gasteiger partial charge in [-0.15, -0.1) is 9.05 Å². The summed E-state index contributed by atoms with van der Waals surface area (Å²) in [5.41, 5.74) is 8.39. The molecule has 0 aromatic carbocycles. The first-order valence-electron chi connectivity index (χ1n) is 14.9. The van der Waals surface area contributed by atoms with Crippen LogP contribution < -0.4 is 17.0 Å². The van der Waals surface area contributed by atoms with Crippen LogP contribution in [0, 0.1) is 28.6 Å². The lowest BCUT2D eigenvalue weighted by Crippen LogP contribution is -2.49. The van der Waals surface area contributed by atoms with Crippen LogP contribution in [0.5, 0.6) is 0 Å². The van der Waals surface area contributed by atoms with Gasteiger partial charge in [0.25, 0.3) is 5.56 Å². The minimum absolute atomic E-state index is 0.00184. The van der Waals surface area contributed by atoms with Gasteiger partial charge in [-0.2, -0.15) is 4.98 Å². The van der Waals surface area contributed by atoms with Gasteiger partial charge in [0.15, 0.2) is 28.7 Å². The SMILES string of the molecule is Nc1nc2c(ncn2[C@@H]2[C@H]3C[C@@]45CO[P+](=O)O[C@H]6[C@@H](O)[C@H](n7cnc8c(N)ncnc87)[C@H]7CC76COP(=O)(O)O[C@@H]2[C@]4(O)[C@@H]35)c(=O)[nH]1. The maximum Gasteiger partial charge on any atom is 0.697 e. The number of nitrogens with two attached hydrogens (primary N) is 2. The Hall–Kier alpha value is -3.45. The van der Waals surface area contributed by atoms with Gasteiger partial charge in [-0.1, -0.05) is 0 Å². The van der Waals surface area contributed by atoms with Crippen molar-refractivity contribution in [2.45, 2.75) is 48.8 Å². The minimum Gasteiger partial charge on any atom is -0.388 e. The fourth-order valence-electron chi connectivity index (χ4n) is 9.65. The van der Waals surface area contributed by atoms with E-state index in [1.54, 1.807) is 4.57 Å². The quantitative estimate of drug-likeness (QED) is 0.145. The number of aliphatic hydroxyl groups excluding tert-OH is 1. The second-order valence-corrected chi connectivity index (χ2v) is 15.8. The molecule has 10 rings (SSSR count). The molecule has 8 N–H and O–H groups in total. The van der Waals surface area contributed by atoms with E-state index in [1.165, 1.54) is 23.5 Å². The number of fused-ring (bicyclic) bond motifs is 2. The number of rotatable bonds is 2. The zero-order chi connectivity index (χ0) is 32.4. The molecule has 13 atom stereocenters.